The molecule has 178 valence electrons. The van der Waals surface area contributed by atoms with E-state index >= 15 is 0 Å². The number of hydrogen-bond donors (Lipinski definition) is 0. The van der Waals surface area contributed by atoms with Gasteiger partial charge in [0.05, 0.1) is 11.6 Å². The number of carbonyl (C=O) groups is 1. The highest BCUT2D eigenvalue weighted by molar-refractivity contribution is 5.97. The average Bonchev–Trinajstić information content (AvgIpc) is 3.21. The minimum absolute atomic E-state index is 0.0433. The Kier molecular flexibility index (Phi) is 8.30. The second kappa shape index (κ2) is 11.0. The Morgan fingerprint density at radius 2 is 1.91 bits per heavy atom. The van der Waals surface area contributed by atoms with E-state index in [0.717, 1.165) is 47.2 Å². The lowest BCUT2D eigenvalue weighted by molar-refractivity contribution is -0.124. The van der Waals surface area contributed by atoms with E-state index in [9.17, 15) is 4.79 Å². The van der Waals surface area contributed by atoms with Crippen LogP contribution in [0.4, 0.5) is 0 Å². The van der Waals surface area contributed by atoms with Crippen LogP contribution in [0.3, 0.4) is 0 Å². The normalized spacial score (nSPS) is 20.0. The molecule has 5 nitrogen and oxygen atoms in total. The molecular weight excluding hydrogens is 408 g/mol. The van der Waals surface area contributed by atoms with Gasteiger partial charge in [0.2, 0.25) is 0 Å². The lowest BCUT2D eigenvalue weighted by atomic mass is 9.87. The first-order valence-corrected chi connectivity index (χ1v) is 12.4. The second-order valence-corrected chi connectivity index (χ2v) is 9.04. The molecule has 1 unspecified atom stereocenters. The van der Waals surface area contributed by atoms with Gasteiger partial charge in [-0.2, -0.15) is 5.10 Å². The standard InChI is InChI=1S/C26H34N4O.C2H6/c1-6-29-11-9-21(10-12-29)22-8-7-20(4)30(17-22)25(31)14-18(2)23-13-19(3)26-24(15-23)16-28(5)27-26;1-2/h7-8,13-17,20-21H,6,9-12H2,1-5H3;1-2H3/b18-14+;. The second-order valence-electron chi connectivity index (χ2n) is 9.04. The van der Waals surface area contributed by atoms with Crippen LogP contribution in [0.25, 0.3) is 16.5 Å². The molecule has 1 atom stereocenters. The van der Waals surface area contributed by atoms with Gasteiger partial charge in [-0.05, 0) is 93.6 Å². The maximum atomic E-state index is 13.2. The van der Waals surface area contributed by atoms with E-state index in [4.69, 9.17) is 0 Å². The van der Waals surface area contributed by atoms with E-state index in [-0.39, 0.29) is 11.9 Å². The van der Waals surface area contributed by atoms with Crippen LogP contribution in [-0.4, -0.2) is 51.2 Å². The first-order chi connectivity index (χ1) is 15.9. The number of nitrogens with zero attached hydrogens (tertiary/aromatic N) is 4. The Hall–Kier alpha value is -2.66. The van der Waals surface area contributed by atoms with Crippen molar-refractivity contribution in [2.75, 3.05) is 19.6 Å². The summed E-state index contributed by atoms with van der Waals surface area (Å²) < 4.78 is 1.84. The topological polar surface area (TPSA) is 41.4 Å². The largest absolute Gasteiger partial charge is 0.309 e. The predicted octanol–water partition coefficient (Wildman–Crippen LogP) is 5.71. The number of hydrogen-bond acceptors (Lipinski definition) is 3. The van der Waals surface area contributed by atoms with Crippen LogP contribution in [0.5, 0.6) is 0 Å². The monoisotopic (exact) mass is 448 g/mol. The summed E-state index contributed by atoms with van der Waals surface area (Å²) in [6.07, 6.45) is 12.6. The smallest absolute Gasteiger partial charge is 0.251 e. The van der Waals surface area contributed by atoms with Crippen LogP contribution >= 0.6 is 0 Å². The van der Waals surface area contributed by atoms with Crippen LogP contribution in [0.1, 0.15) is 58.6 Å². The number of aryl methyl sites for hydroxylation is 2. The molecule has 0 saturated carbocycles. The van der Waals surface area contributed by atoms with E-state index in [0.29, 0.717) is 5.92 Å². The summed E-state index contributed by atoms with van der Waals surface area (Å²) in [5.41, 5.74) is 5.49. The number of allylic oxidation sites excluding steroid dienone is 3. The third-order valence-corrected chi connectivity index (χ3v) is 6.76. The average molecular weight is 449 g/mol. The molecule has 5 heteroatoms. The summed E-state index contributed by atoms with van der Waals surface area (Å²) >= 11 is 0. The van der Waals surface area contributed by atoms with Gasteiger partial charge >= 0.3 is 0 Å². The number of carbonyl (C=O) groups excluding carboxylic acids is 1. The molecule has 0 aliphatic carbocycles. The molecule has 0 radical (unpaired) electrons. The molecule has 1 amide bonds. The van der Waals surface area contributed by atoms with E-state index in [1.807, 2.05) is 43.6 Å². The Balaban J connectivity index is 0.00000149. The molecule has 0 bridgehead atoms. The summed E-state index contributed by atoms with van der Waals surface area (Å²) in [5, 5.41) is 5.63. The molecule has 3 heterocycles. The quantitative estimate of drug-likeness (QED) is 0.562. The highest BCUT2D eigenvalue weighted by Gasteiger charge is 2.25. The van der Waals surface area contributed by atoms with Crippen molar-refractivity contribution >= 4 is 22.4 Å². The zero-order valence-electron chi connectivity index (χ0n) is 21.4. The van der Waals surface area contributed by atoms with Gasteiger partial charge in [-0.15, -0.1) is 0 Å². The maximum Gasteiger partial charge on any atom is 0.251 e. The molecule has 33 heavy (non-hydrogen) atoms. The molecule has 0 spiro atoms. The number of amides is 1. The molecule has 0 N–H and O–H groups in total. The maximum absolute atomic E-state index is 13.2. The third-order valence-electron chi connectivity index (χ3n) is 6.76. The van der Waals surface area contributed by atoms with Gasteiger partial charge in [0.25, 0.3) is 5.91 Å². The van der Waals surface area contributed by atoms with Crippen LogP contribution in [0.15, 0.2) is 48.3 Å². The van der Waals surface area contributed by atoms with Gasteiger partial charge in [0.15, 0.2) is 0 Å². The van der Waals surface area contributed by atoms with Crippen LogP contribution < -0.4 is 0 Å². The molecule has 2 aliphatic heterocycles. The molecule has 4 rings (SSSR count). The molecule has 1 saturated heterocycles. The zero-order valence-corrected chi connectivity index (χ0v) is 21.4. The van der Waals surface area contributed by atoms with Crippen molar-refractivity contribution in [2.24, 2.45) is 13.0 Å². The van der Waals surface area contributed by atoms with Gasteiger partial charge < -0.3 is 9.80 Å². The minimum atomic E-state index is 0.0433. The Morgan fingerprint density at radius 3 is 2.58 bits per heavy atom. The highest BCUT2D eigenvalue weighted by Crippen LogP contribution is 2.29. The molecule has 2 aromatic rings. The first-order valence-electron chi connectivity index (χ1n) is 12.4. The van der Waals surface area contributed by atoms with E-state index in [1.165, 1.54) is 18.4 Å². The van der Waals surface area contributed by atoms with Gasteiger partial charge in [-0.3, -0.25) is 9.48 Å². The summed E-state index contributed by atoms with van der Waals surface area (Å²) in [7, 11) is 1.94. The van der Waals surface area contributed by atoms with Crippen LogP contribution in [0.2, 0.25) is 0 Å². The lowest BCUT2D eigenvalue weighted by Gasteiger charge is -2.34. The van der Waals surface area contributed by atoms with Crippen molar-refractivity contribution in [2.45, 2.75) is 60.4 Å². The summed E-state index contributed by atoms with van der Waals surface area (Å²) in [5.74, 6) is 0.587. The number of piperidine rings is 1. The van der Waals surface area contributed by atoms with Gasteiger partial charge in [0, 0.05) is 30.9 Å². The van der Waals surface area contributed by atoms with E-state index in [1.54, 1.807) is 6.08 Å². The van der Waals surface area contributed by atoms with E-state index in [2.05, 4.69) is 61.3 Å². The Morgan fingerprint density at radius 1 is 1.21 bits per heavy atom. The van der Waals surface area contributed by atoms with Crippen LogP contribution in [0, 0.1) is 12.8 Å². The fourth-order valence-corrected chi connectivity index (χ4v) is 4.75. The third kappa shape index (κ3) is 5.64. The van der Waals surface area contributed by atoms with E-state index < -0.39 is 0 Å². The molecule has 2 aliphatic rings. The minimum Gasteiger partial charge on any atom is -0.309 e. The Bertz CT molecular complexity index is 1070. The zero-order chi connectivity index (χ0) is 24.1. The molecule has 1 aromatic carbocycles. The van der Waals surface area contributed by atoms with Crippen molar-refractivity contribution < 1.29 is 4.79 Å². The van der Waals surface area contributed by atoms with Crippen molar-refractivity contribution in [3.05, 3.63) is 59.5 Å². The number of fused-ring (bicyclic) bond motifs is 1. The van der Waals surface area contributed by atoms with Crippen molar-refractivity contribution in [1.29, 1.82) is 0 Å². The van der Waals surface area contributed by atoms with Crippen molar-refractivity contribution in [1.82, 2.24) is 19.6 Å². The molecular formula is C28H40N4O. The predicted molar refractivity (Wildman–Crippen MR) is 139 cm³/mol. The highest BCUT2D eigenvalue weighted by atomic mass is 16.2. The fraction of sp³-hybridized carbons (Fsp3) is 0.500. The van der Waals surface area contributed by atoms with Gasteiger partial charge in [-0.1, -0.05) is 32.9 Å². The van der Waals surface area contributed by atoms with Crippen molar-refractivity contribution in [3.8, 4) is 0 Å². The summed E-state index contributed by atoms with van der Waals surface area (Å²) in [6, 6.07) is 4.31. The van der Waals surface area contributed by atoms with Gasteiger partial charge in [-0.25, -0.2) is 0 Å². The Labute approximate surface area is 199 Å². The molecule has 1 aromatic heterocycles. The SMILES string of the molecule is CC.CCN1CCC(C2=CN(C(=O)/C=C(\C)c3cc(C)c4nn(C)cc4c3)C(C)C=C2)CC1. The summed E-state index contributed by atoms with van der Waals surface area (Å²) in [4.78, 5) is 17.6. The van der Waals surface area contributed by atoms with Crippen LogP contribution in [-0.2, 0) is 11.8 Å². The number of aromatic nitrogens is 2. The lowest BCUT2D eigenvalue weighted by Crippen LogP contribution is -2.37. The number of likely N-dealkylation sites (tertiary alicyclic amines) is 1. The molecule has 1 fully saturated rings. The number of benzene rings is 1. The van der Waals surface area contributed by atoms with Crippen molar-refractivity contribution in [3.63, 3.8) is 0 Å². The summed E-state index contributed by atoms with van der Waals surface area (Å²) in [6.45, 7) is 15.8. The number of rotatable bonds is 4. The first kappa shape index (κ1) is 25.0. The fourth-order valence-electron chi connectivity index (χ4n) is 4.75. The van der Waals surface area contributed by atoms with Gasteiger partial charge in [0.1, 0.15) is 0 Å².